The van der Waals surface area contributed by atoms with Gasteiger partial charge < -0.3 is 4.74 Å². The average Bonchev–Trinajstić information content (AvgIpc) is 2.74. The summed E-state index contributed by atoms with van der Waals surface area (Å²) in [5.41, 5.74) is 2.45. The fourth-order valence-electron chi connectivity index (χ4n) is 2.42. The number of hydrogen-bond acceptors (Lipinski definition) is 5. The van der Waals surface area contributed by atoms with E-state index in [0.29, 0.717) is 17.1 Å². The third-order valence-corrected chi connectivity index (χ3v) is 4.81. The monoisotopic (exact) mass is 421 g/mol. The topological polar surface area (TPSA) is 46.5 Å². The van der Waals surface area contributed by atoms with Crippen molar-refractivity contribution in [2.75, 3.05) is 12.5 Å². The smallest absolute Gasteiger partial charge is 0.186 e. The zero-order chi connectivity index (χ0) is 20.8. The number of pyridine rings is 1. The van der Waals surface area contributed by atoms with Crippen LogP contribution in [0.5, 0.6) is 5.75 Å². The van der Waals surface area contributed by atoms with Crippen LogP contribution in [0, 0.1) is 23.3 Å². The van der Waals surface area contributed by atoms with E-state index in [4.69, 9.17) is 4.74 Å². The zero-order valence-electron chi connectivity index (χ0n) is 15.1. The van der Waals surface area contributed by atoms with Crippen molar-refractivity contribution in [2.24, 2.45) is 5.10 Å². The molecule has 1 aromatic heterocycles. The normalized spacial score (nSPS) is 11.1. The van der Waals surface area contributed by atoms with Crippen molar-refractivity contribution in [1.82, 2.24) is 4.98 Å². The summed E-state index contributed by atoms with van der Waals surface area (Å²) in [5.74, 6) is -4.91. The lowest BCUT2D eigenvalue weighted by atomic mass is 10.1. The second-order valence-electron chi connectivity index (χ2n) is 5.74. The fraction of sp³-hybridized carbons (Fsp3) is 0.100. The number of nitrogens with one attached hydrogen (secondary N) is 1. The summed E-state index contributed by atoms with van der Waals surface area (Å²) in [6, 6.07) is 10.9. The van der Waals surface area contributed by atoms with Crippen molar-refractivity contribution in [3.8, 4) is 5.75 Å². The maximum atomic E-state index is 13.6. The van der Waals surface area contributed by atoms with Crippen molar-refractivity contribution < 1.29 is 22.3 Å². The molecule has 3 rings (SSSR count). The van der Waals surface area contributed by atoms with Crippen LogP contribution in [0.4, 0.5) is 23.2 Å². The molecule has 0 radical (unpaired) electrons. The molecule has 0 unspecified atom stereocenters. The van der Waals surface area contributed by atoms with E-state index >= 15 is 0 Å². The van der Waals surface area contributed by atoms with Gasteiger partial charge in [0.2, 0.25) is 0 Å². The van der Waals surface area contributed by atoms with Crippen molar-refractivity contribution in [3.05, 3.63) is 83.1 Å². The molecule has 0 aliphatic rings. The van der Waals surface area contributed by atoms with E-state index in [1.807, 2.05) is 23.6 Å². The van der Waals surface area contributed by atoms with Crippen LogP contribution in [0.3, 0.4) is 0 Å². The number of benzene rings is 2. The van der Waals surface area contributed by atoms with Crippen LogP contribution < -0.4 is 10.2 Å². The molecule has 0 fully saturated rings. The maximum absolute atomic E-state index is 13.6. The molecule has 9 heteroatoms. The first-order valence-corrected chi connectivity index (χ1v) is 9.31. The van der Waals surface area contributed by atoms with Gasteiger partial charge >= 0.3 is 0 Å². The highest BCUT2D eigenvalue weighted by Gasteiger charge is 2.18. The molecule has 3 aromatic rings. The van der Waals surface area contributed by atoms with Gasteiger partial charge in [-0.15, -0.1) is 11.8 Å². The highest BCUT2D eigenvalue weighted by Crippen LogP contribution is 2.28. The SMILES string of the molecule is COc1ccc(/C=N\Nc2c(F)c(F)cc(F)c2F)cc1CSc1ccccn1. The van der Waals surface area contributed by atoms with Crippen LogP contribution in [-0.2, 0) is 5.75 Å². The van der Waals surface area contributed by atoms with E-state index in [0.717, 1.165) is 10.6 Å². The Morgan fingerprint density at radius 2 is 1.83 bits per heavy atom. The first-order chi connectivity index (χ1) is 14.0. The number of halogens is 4. The van der Waals surface area contributed by atoms with Crippen molar-refractivity contribution >= 4 is 23.7 Å². The Kier molecular flexibility index (Phi) is 6.71. The lowest BCUT2D eigenvalue weighted by Crippen LogP contribution is -2.03. The summed E-state index contributed by atoms with van der Waals surface area (Å²) in [5, 5.41) is 4.52. The molecule has 0 atom stereocenters. The minimum atomic E-state index is -1.55. The van der Waals surface area contributed by atoms with Gasteiger partial charge in [-0.05, 0) is 35.9 Å². The van der Waals surface area contributed by atoms with Gasteiger partial charge in [0.05, 0.1) is 18.4 Å². The molecule has 1 N–H and O–H groups in total. The number of aromatic nitrogens is 1. The molecule has 0 spiro atoms. The van der Waals surface area contributed by atoms with Gasteiger partial charge in [0.25, 0.3) is 0 Å². The summed E-state index contributed by atoms with van der Waals surface area (Å²) >= 11 is 1.51. The summed E-state index contributed by atoms with van der Waals surface area (Å²) in [4.78, 5) is 4.24. The third-order valence-electron chi connectivity index (χ3n) is 3.82. The van der Waals surface area contributed by atoms with Gasteiger partial charge in [-0.2, -0.15) is 5.10 Å². The Balaban J connectivity index is 1.76. The van der Waals surface area contributed by atoms with Crippen molar-refractivity contribution in [1.29, 1.82) is 0 Å². The van der Waals surface area contributed by atoms with Gasteiger partial charge in [0.1, 0.15) is 11.4 Å². The Bertz CT molecular complexity index is 1010. The van der Waals surface area contributed by atoms with E-state index < -0.39 is 29.0 Å². The van der Waals surface area contributed by atoms with Crippen LogP contribution in [-0.4, -0.2) is 18.3 Å². The standard InChI is InChI=1S/C20H15F4N3OS/c1-28-16-6-5-12(8-13(16)11-29-17-4-2-3-7-25-17)10-26-27-20-18(23)14(21)9-15(22)19(20)24/h2-10,27H,11H2,1H3/b26-10-. The van der Waals surface area contributed by atoms with Gasteiger partial charge in [-0.1, -0.05) is 6.07 Å². The number of anilines is 1. The van der Waals surface area contributed by atoms with Crippen LogP contribution in [0.25, 0.3) is 0 Å². The molecule has 29 heavy (non-hydrogen) atoms. The first-order valence-electron chi connectivity index (χ1n) is 8.32. The molecule has 0 saturated carbocycles. The second kappa shape index (κ2) is 9.42. The Morgan fingerprint density at radius 1 is 1.07 bits per heavy atom. The van der Waals surface area contributed by atoms with Gasteiger partial charge in [-0.25, -0.2) is 22.5 Å². The van der Waals surface area contributed by atoms with Gasteiger partial charge in [-0.3, -0.25) is 5.43 Å². The summed E-state index contributed by atoms with van der Waals surface area (Å²) in [6.07, 6.45) is 2.97. The summed E-state index contributed by atoms with van der Waals surface area (Å²) < 4.78 is 59.1. The first kappa shape index (κ1) is 20.7. The number of hydrazone groups is 1. The fourth-order valence-corrected chi connectivity index (χ4v) is 3.26. The molecular formula is C20H15F4N3OS. The molecule has 0 bridgehead atoms. The van der Waals surface area contributed by atoms with E-state index in [1.54, 1.807) is 31.5 Å². The highest BCUT2D eigenvalue weighted by atomic mass is 32.2. The Morgan fingerprint density at radius 3 is 2.48 bits per heavy atom. The minimum absolute atomic E-state index is 0.134. The van der Waals surface area contributed by atoms with E-state index in [1.165, 1.54) is 18.0 Å². The summed E-state index contributed by atoms with van der Waals surface area (Å²) in [6.45, 7) is 0. The molecule has 1 heterocycles. The summed E-state index contributed by atoms with van der Waals surface area (Å²) in [7, 11) is 1.55. The molecule has 4 nitrogen and oxygen atoms in total. The maximum Gasteiger partial charge on any atom is 0.186 e. The number of hydrogen-bond donors (Lipinski definition) is 1. The quantitative estimate of drug-likeness (QED) is 0.183. The van der Waals surface area contributed by atoms with Gasteiger partial charge in [0.15, 0.2) is 23.3 Å². The zero-order valence-corrected chi connectivity index (χ0v) is 15.9. The lowest BCUT2D eigenvalue weighted by Gasteiger charge is -2.09. The van der Waals surface area contributed by atoms with E-state index in [2.05, 4.69) is 10.1 Å². The Labute approximate surface area is 168 Å². The minimum Gasteiger partial charge on any atom is -0.496 e. The molecular weight excluding hydrogens is 406 g/mol. The van der Waals surface area contributed by atoms with E-state index in [-0.39, 0.29) is 6.07 Å². The van der Waals surface area contributed by atoms with Crippen molar-refractivity contribution in [3.63, 3.8) is 0 Å². The highest BCUT2D eigenvalue weighted by molar-refractivity contribution is 7.98. The number of ether oxygens (including phenoxy) is 1. The lowest BCUT2D eigenvalue weighted by molar-refractivity contribution is 0.411. The predicted octanol–water partition coefficient (Wildman–Crippen LogP) is 5.38. The second-order valence-corrected chi connectivity index (χ2v) is 6.74. The number of nitrogens with zero attached hydrogens (tertiary/aromatic N) is 2. The van der Waals surface area contributed by atoms with Crippen molar-refractivity contribution in [2.45, 2.75) is 10.8 Å². The number of methoxy groups -OCH3 is 1. The molecule has 0 amide bonds. The molecule has 0 saturated heterocycles. The van der Waals surface area contributed by atoms with E-state index in [9.17, 15) is 17.6 Å². The van der Waals surface area contributed by atoms with Crippen LogP contribution >= 0.6 is 11.8 Å². The molecule has 0 aliphatic heterocycles. The van der Waals surface area contributed by atoms with Gasteiger partial charge in [0, 0.05) is 23.6 Å². The number of thioether (sulfide) groups is 1. The molecule has 150 valence electrons. The molecule has 0 aliphatic carbocycles. The average molecular weight is 421 g/mol. The Hall–Kier alpha value is -3.07. The third kappa shape index (κ3) is 5.05. The molecule has 2 aromatic carbocycles. The van der Waals surface area contributed by atoms with Crippen LogP contribution in [0.1, 0.15) is 11.1 Å². The largest absolute Gasteiger partial charge is 0.496 e. The number of rotatable bonds is 7. The van der Waals surface area contributed by atoms with Crippen LogP contribution in [0.2, 0.25) is 0 Å². The van der Waals surface area contributed by atoms with Crippen LogP contribution in [0.15, 0.2) is 58.8 Å². The predicted molar refractivity (Wildman–Crippen MR) is 104 cm³/mol.